The molecule has 32 heavy (non-hydrogen) atoms. The molecule has 4 rings (SSSR count). The number of hydrazine groups is 1. The second kappa shape index (κ2) is 8.83. The summed E-state index contributed by atoms with van der Waals surface area (Å²) in [6.07, 6.45) is 6.33. The average molecular weight is 461 g/mol. The number of imide groups is 1. The number of likely N-dealkylation sites (tertiary alicyclic amines) is 1. The summed E-state index contributed by atoms with van der Waals surface area (Å²) >= 11 is 0. The van der Waals surface area contributed by atoms with Gasteiger partial charge in [0.15, 0.2) is 0 Å². The highest BCUT2D eigenvalue weighted by Gasteiger charge is 2.47. The second-order valence-electron chi connectivity index (χ2n) is 8.06. The van der Waals surface area contributed by atoms with Crippen LogP contribution in [0.15, 0.2) is 41.3 Å². The maximum absolute atomic E-state index is 12.5. The number of nitrogens with zero attached hydrogens (tertiary/aromatic N) is 2. The monoisotopic (exact) mass is 460 g/mol. The van der Waals surface area contributed by atoms with E-state index in [1.807, 2.05) is 12.2 Å². The van der Waals surface area contributed by atoms with Crippen LogP contribution in [0.2, 0.25) is 0 Å². The number of fused-ring (bicyclic) bond motifs is 1. The molecule has 3 aliphatic rings. The molecule has 0 bridgehead atoms. The fourth-order valence-corrected chi connectivity index (χ4v) is 5.78. The summed E-state index contributed by atoms with van der Waals surface area (Å²) in [6, 6.07) is 5.41. The molecule has 10 nitrogen and oxygen atoms in total. The van der Waals surface area contributed by atoms with Crippen molar-refractivity contribution in [3.8, 4) is 0 Å². The second-order valence-corrected chi connectivity index (χ2v) is 9.99. The van der Waals surface area contributed by atoms with Crippen molar-refractivity contribution in [3.05, 3.63) is 42.0 Å². The van der Waals surface area contributed by atoms with Crippen molar-refractivity contribution in [1.29, 1.82) is 0 Å². The minimum absolute atomic E-state index is 0.0991. The lowest BCUT2D eigenvalue weighted by atomic mass is 9.85. The normalized spacial score (nSPS) is 23.3. The van der Waals surface area contributed by atoms with Crippen LogP contribution in [0.4, 0.5) is 0 Å². The average Bonchev–Trinajstić information content (AvgIpc) is 3.43. The molecule has 2 fully saturated rings. The smallest absolute Gasteiger partial charge is 0.269 e. The van der Waals surface area contributed by atoms with Gasteiger partial charge < -0.3 is 0 Å². The van der Waals surface area contributed by atoms with E-state index in [4.69, 9.17) is 0 Å². The lowest BCUT2D eigenvalue weighted by Crippen LogP contribution is -2.47. The van der Waals surface area contributed by atoms with Crippen LogP contribution in [-0.2, 0) is 24.4 Å². The summed E-state index contributed by atoms with van der Waals surface area (Å²) in [4.78, 5) is 50.3. The van der Waals surface area contributed by atoms with Gasteiger partial charge in [0.1, 0.15) is 6.54 Å². The summed E-state index contributed by atoms with van der Waals surface area (Å²) in [5.74, 6) is -2.96. The van der Waals surface area contributed by atoms with Crippen molar-refractivity contribution in [2.45, 2.75) is 30.6 Å². The predicted octanol–water partition coefficient (Wildman–Crippen LogP) is 0.183. The van der Waals surface area contributed by atoms with Crippen molar-refractivity contribution >= 4 is 33.7 Å². The van der Waals surface area contributed by atoms with Gasteiger partial charge in [-0.25, -0.2) is 8.42 Å². The van der Waals surface area contributed by atoms with Gasteiger partial charge in [-0.3, -0.25) is 34.9 Å². The van der Waals surface area contributed by atoms with Crippen LogP contribution >= 0.6 is 0 Å². The van der Waals surface area contributed by atoms with E-state index >= 15 is 0 Å². The molecule has 4 amide bonds. The number of amides is 4. The Labute approximate surface area is 185 Å². The highest BCUT2D eigenvalue weighted by atomic mass is 32.2. The molecule has 2 heterocycles. The first kappa shape index (κ1) is 22.2. The lowest BCUT2D eigenvalue weighted by Gasteiger charge is -2.16. The minimum atomic E-state index is -3.58. The Bertz CT molecular complexity index is 1050. The minimum Gasteiger partial charge on any atom is -0.274 e. The van der Waals surface area contributed by atoms with Gasteiger partial charge in [-0.2, -0.15) is 4.31 Å². The number of hydrogen-bond acceptors (Lipinski definition) is 6. The third-order valence-corrected chi connectivity index (χ3v) is 7.95. The van der Waals surface area contributed by atoms with Crippen molar-refractivity contribution in [2.24, 2.45) is 11.8 Å². The maximum Gasteiger partial charge on any atom is 0.269 e. The molecular formula is C21H24N4O6S. The predicted molar refractivity (Wildman–Crippen MR) is 112 cm³/mol. The van der Waals surface area contributed by atoms with Gasteiger partial charge in [0, 0.05) is 18.7 Å². The number of hydrogen-bond donors (Lipinski definition) is 2. The molecule has 0 unspecified atom stereocenters. The Morgan fingerprint density at radius 1 is 0.906 bits per heavy atom. The quantitative estimate of drug-likeness (QED) is 0.366. The topological polar surface area (TPSA) is 133 Å². The summed E-state index contributed by atoms with van der Waals surface area (Å²) in [5.41, 5.74) is 4.56. The zero-order valence-corrected chi connectivity index (χ0v) is 18.1. The number of sulfonamides is 1. The van der Waals surface area contributed by atoms with E-state index in [1.165, 1.54) is 28.6 Å². The van der Waals surface area contributed by atoms with E-state index in [2.05, 4.69) is 10.9 Å². The Balaban J connectivity index is 1.31. The van der Waals surface area contributed by atoms with Crippen LogP contribution in [0.5, 0.6) is 0 Å². The summed E-state index contributed by atoms with van der Waals surface area (Å²) in [6.45, 7) is 0.491. The van der Waals surface area contributed by atoms with Gasteiger partial charge >= 0.3 is 0 Å². The first-order valence-corrected chi connectivity index (χ1v) is 11.9. The van der Waals surface area contributed by atoms with Crippen LogP contribution in [0.1, 0.15) is 36.0 Å². The Kier molecular flexibility index (Phi) is 6.11. The molecule has 0 saturated carbocycles. The molecule has 2 N–H and O–H groups in total. The molecule has 0 aromatic heterocycles. The number of nitrogens with one attached hydrogen (secondary N) is 2. The van der Waals surface area contributed by atoms with E-state index in [9.17, 15) is 27.6 Å². The number of benzene rings is 1. The van der Waals surface area contributed by atoms with E-state index in [1.54, 1.807) is 0 Å². The Morgan fingerprint density at radius 2 is 1.47 bits per heavy atom. The SMILES string of the molecule is O=C(CN1C(=O)[C@H]2CC=CC[C@@H]2C1=O)NNC(=O)c1ccc(S(=O)(=O)N2CCCC2)cc1. The van der Waals surface area contributed by atoms with Gasteiger partial charge in [-0.15, -0.1) is 0 Å². The van der Waals surface area contributed by atoms with E-state index in [0.29, 0.717) is 25.9 Å². The molecule has 1 aromatic rings. The van der Waals surface area contributed by atoms with Crippen LogP contribution < -0.4 is 10.9 Å². The largest absolute Gasteiger partial charge is 0.274 e. The fourth-order valence-electron chi connectivity index (χ4n) is 4.26. The molecular weight excluding hydrogens is 436 g/mol. The third-order valence-electron chi connectivity index (χ3n) is 6.04. The Morgan fingerprint density at radius 3 is 2.03 bits per heavy atom. The zero-order chi connectivity index (χ0) is 22.9. The number of allylic oxidation sites excluding steroid dienone is 2. The molecule has 2 aliphatic heterocycles. The molecule has 0 radical (unpaired) electrons. The van der Waals surface area contributed by atoms with Crippen molar-refractivity contribution in [2.75, 3.05) is 19.6 Å². The van der Waals surface area contributed by atoms with E-state index < -0.39 is 40.2 Å². The molecule has 11 heteroatoms. The van der Waals surface area contributed by atoms with Gasteiger partial charge in [-0.1, -0.05) is 12.2 Å². The molecule has 2 atom stereocenters. The third kappa shape index (κ3) is 4.17. The molecule has 0 spiro atoms. The van der Waals surface area contributed by atoms with Crippen LogP contribution in [0.3, 0.4) is 0 Å². The Hall–Kier alpha value is -3.05. The highest BCUT2D eigenvalue weighted by Crippen LogP contribution is 2.34. The summed E-state index contributed by atoms with van der Waals surface area (Å²) < 4.78 is 26.5. The number of rotatable bonds is 5. The standard InChI is InChI=1S/C21H24N4O6S/c26-18(13-25-20(28)16-5-1-2-6-17(16)21(25)29)22-23-19(27)14-7-9-15(10-8-14)32(30,31)24-11-3-4-12-24/h1-2,7-10,16-17H,3-6,11-13H2,(H,22,26)(H,23,27)/t16-,17-/m0/s1. The first-order chi connectivity index (χ1) is 15.3. The number of carbonyl (C=O) groups is 4. The van der Waals surface area contributed by atoms with Gasteiger partial charge in [0.2, 0.25) is 21.8 Å². The molecule has 2 saturated heterocycles. The fraction of sp³-hybridized carbons (Fsp3) is 0.429. The summed E-state index contributed by atoms with van der Waals surface area (Å²) in [7, 11) is -3.58. The van der Waals surface area contributed by atoms with Crippen molar-refractivity contribution in [1.82, 2.24) is 20.1 Å². The number of carbonyl (C=O) groups excluding carboxylic acids is 4. The van der Waals surface area contributed by atoms with Crippen molar-refractivity contribution in [3.63, 3.8) is 0 Å². The molecule has 170 valence electrons. The van der Waals surface area contributed by atoms with Gasteiger partial charge in [0.25, 0.3) is 11.8 Å². The van der Waals surface area contributed by atoms with Gasteiger partial charge in [-0.05, 0) is 49.9 Å². The van der Waals surface area contributed by atoms with E-state index in [0.717, 1.165) is 17.7 Å². The molecule has 1 aromatic carbocycles. The lowest BCUT2D eigenvalue weighted by molar-refractivity contribution is -0.143. The zero-order valence-electron chi connectivity index (χ0n) is 17.3. The van der Waals surface area contributed by atoms with Crippen LogP contribution in [-0.4, -0.2) is 60.9 Å². The first-order valence-electron chi connectivity index (χ1n) is 10.5. The summed E-state index contributed by atoms with van der Waals surface area (Å²) in [5, 5.41) is 0. The van der Waals surface area contributed by atoms with Gasteiger partial charge in [0.05, 0.1) is 16.7 Å². The molecule has 1 aliphatic carbocycles. The van der Waals surface area contributed by atoms with Crippen LogP contribution in [0.25, 0.3) is 0 Å². The van der Waals surface area contributed by atoms with Crippen molar-refractivity contribution < 1.29 is 27.6 Å². The van der Waals surface area contributed by atoms with E-state index in [-0.39, 0.29) is 22.3 Å². The maximum atomic E-state index is 12.5. The highest BCUT2D eigenvalue weighted by molar-refractivity contribution is 7.89. The van der Waals surface area contributed by atoms with Crippen LogP contribution in [0, 0.1) is 11.8 Å².